The molecule has 12 heteroatoms. The van der Waals surface area contributed by atoms with Crippen LogP contribution in [0.15, 0.2) is 29.2 Å². The minimum Gasteiger partial charge on any atom is -0.507 e. The lowest BCUT2D eigenvalue weighted by atomic mass is 9.58. The van der Waals surface area contributed by atoms with Gasteiger partial charge < -0.3 is 35.7 Å². The van der Waals surface area contributed by atoms with E-state index < -0.39 is 58.4 Å². The largest absolute Gasteiger partial charge is 0.507 e. The monoisotopic (exact) mass is 503 g/mol. The number of benzene rings is 1. The molecule has 1 amide bonds. The highest BCUT2D eigenvalue weighted by Gasteiger charge is 2.64. The molecule has 4 rings (SSSR count). The zero-order chi connectivity index (χ0) is 26.7. The Morgan fingerprint density at radius 3 is 2.44 bits per heavy atom. The highest BCUT2D eigenvalue weighted by atomic mass is 16.7. The number of hydrogen-bond donors (Lipinski definition) is 5. The number of aliphatic hydroxyl groups excluding tert-OH is 2. The molecule has 0 spiro atoms. The van der Waals surface area contributed by atoms with Gasteiger partial charge in [0.05, 0.1) is 18.7 Å². The normalized spacial score (nSPS) is 27.8. The van der Waals surface area contributed by atoms with E-state index in [9.17, 15) is 34.8 Å². The molecule has 1 saturated carbocycles. The van der Waals surface area contributed by atoms with Crippen molar-refractivity contribution in [2.24, 2.45) is 17.6 Å². The number of primary amides is 1. The van der Waals surface area contributed by atoms with Gasteiger partial charge in [-0.1, -0.05) is 6.07 Å². The maximum atomic E-state index is 13.8. The number of likely N-dealkylation sites (N-methyl/N-ethyl adjacent to an activating group) is 1. The molecule has 1 fully saturated rings. The lowest BCUT2D eigenvalue weighted by molar-refractivity contribution is -0.155. The van der Waals surface area contributed by atoms with Crippen molar-refractivity contribution in [3.05, 3.63) is 45.9 Å². The van der Waals surface area contributed by atoms with Crippen molar-refractivity contribution in [2.45, 2.75) is 31.0 Å². The molecule has 12 nitrogen and oxygen atoms in total. The smallest absolute Gasteiger partial charge is 0.410 e. The standard InChI is InChI=1S/C24H29N3O9/c1-26(2)17-13-8-11-7-12-10(9-27(3)35-4)5-6-14(28)16(12)18(29)15(11)21(31)24(13,34)22(32)20(19(17)30)36-23(25)33/h5-6,11,13,17,28-29,32,34H,7-9H2,1-4H3,(H2,25,33)/t11-,13-,17-,24-/m0/s1. The van der Waals surface area contributed by atoms with Crippen LogP contribution in [0.3, 0.4) is 0 Å². The van der Waals surface area contributed by atoms with E-state index in [0.717, 1.165) is 5.56 Å². The lowest BCUT2D eigenvalue weighted by Gasteiger charge is -2.50. The van der Waals surface area contributed by atoms with Crippen LogP contribution in [0, 0.1) is 11.8 Å². The summed E-state index contributed by atoms with van der Waals surface area (Å²) in [7, 11) is 6.31. The molecule has 4 atom stereocenters. The average molecular weight is 504 g/mol. The minimum atomic E-state index is -2.67. The summed E-state index contributed by atoms with van der Waals surface area (Å²) in [6, 6.07) is 1.94. The van der Waals surface area contributed by atoms with Gasteiger partial charge in [0.15, 0.2) is 11.4 Å². The Hall–Kier alpha value is -3.45. The van der Waals surface area contributed by atoms with E-state index in [4.69, 9.17) is 15.3 Å². The second-order valence-electron chi connectivity index (χ2n) is 9.54. The fraction of sp³-hybridized carbons (Fsp3) is 0.458. The Morgan fingerprint density at radius 2 is 1.86 bits per heavy atom. The van der Waals surface area contributed by atoms with Gasteiger partial charge in [-0.3, -0.25) is 14.5 Å². The Morgan fingerprint density at radius 1 is 1.19 bits per heavy atom. The molecule has 1 aromatic carbocycles. The summed E-state index contributed by atoms with van der Waals surface area (Å²) in [6.07, 6.45) is -1.16. The summed E-state index contributed by atoms with van der Waals surface area (Å²) in [4.78, 5) is 45.0. The third-order valence-corrected chi connectivity index (χ3v) is 7.32. The van der Waals surface area contributed by atoms with Gasteiger partial charge in [0.25, 0.3) is 0 Å². The van der Waals surface area contributed by atoms with Crippen molar-refractivity contribution < 1.29 is 44.4 Å². The molecule has 0 heterocycles. The SMILES string of the molecule is CON(C)Cc1ccc(O)c2c1C[C@H]1C[C@H]3[C@H](N(C)C)C(=O)C(OC(N)=O)=C(O)[C@@]3(O)C(=O)C1=C2O. The number of ether oxygens (including phenoxy) is 1. The van der Waals surface area contributed by atoms with E-state index in [1.165, 1.54) is 18.1 Å². The summed E-state index contributed by atoms with van der Waals surface area (Å²) in [5.74, 6) is -6.47. The van der Waals surface area contributed by atoms with Crippen LogP contribution in [0.2, 0.25) is 0 Å². The number of fused-ring (bicyclic) bond motifs is 3. The fourth-order valence-corrected chi connectivity index (χ4v) is 5.69. The number of nitrogens with two attached hydrogens (primary N) is 1. The second kappa shape index (κ2) is 8.89. The number of hydroxylamine groups is 2. The van der Waals surface area contributed by atoms with E-state index in [0.29, 0.717) is 12.1 Å². The molecule has 0 aliphatic heterocycles. The lowest BCUT2D eigenvalue weighted by Crippen LogP contribution is -2.65. The molecular formula is C24H29N3O9. The zero-order valence-electron chi connectivity index (χ0n) is 20.3. The summed E-state index contributed by atoms with van der Waals surface area (Å²) < 4.78 is 4.71. The first kappa shape index (κ1) is 25.6. The summed E-state index contributed by atoms with van der Waals surface area (Å²) in [5.41, 5.74) is 3.58. The minimum absolute atomic E-state index is 0.0266. The number of aliphatic hydroxyl groups is 3. The average Bonchev–Trinajstić information content (AvgIpc) is 2.80. The van der Waals surface area contributed by atoms with Gasteiger partial charge >= 0.3 is 6.09 Å². The van der Waals surface area contributed by atoms with Crippen LogP contribution in [0.5, 0.6) is 5.75 Å². The second-order valence-corrected chi connectivity index (χ2v) is 9.54. The number of rotatable bonds is 5. The Labute approximate surface area is 206 Å². The van der Waals surface area contributed by atoms with Crippen LogP contribution >= 0.6 is 0 Å². The zero-order valence-corrected chi connectivity index (χ0v) is 20.3. The van der Waals surface area contributed by atoms with Gasteiger partial charge in [-0.2, -0.15) is 5.06 Å². The van der Waals surface area contributed by atoms with Crippen molar-refractivity contribution in [1.29, 1.82) is 0 Å². The highest BCUT2D eigenvalue weighted by Crippen LogP contribution is 2.53. The van der Waals surface area contributed by atoms with Crippen LogP contribution in [-0.2, 0) is 32.1 Å². The van der Waals surface area contributed by atoms with Crippen molar-refractivity contribution in [3.63, 3.8) is 0 Å². The molecule has 0 aromatic heterocycles. The molecule has 0 radical (unpaired) electrons. The van der Waals surface area contributed by atoms with E-state index >= 15 is 0 Å². The molecule has 194 valence electrons. The van der Waals surface area contributed by atoms with Gasteiger partial charge in [0.1, 0.15) is 11.5 Å². The van der Waals surface area contributed by atoms with Crippen molar-refractivity contribution in [1.82, 2.24) is 9.96 Å². The maximum Gasteiger partial charge on any atom is 0.410 e. The van der Waals surface area contributed by atoms with E-state index in [1.807, 2.05) is 0 Å². The number of hydrogen-bond acceptors (Lipinski definition) is 11. The molecule has 1 aromatic rings. The predicted octanol–water partition coefficient (Wildman–Crippen LogP) is 0.525. The van der Waals surface area contributed by atoms with Crippen LogP contribution in [0.25, 0.3) is 5.76 Å². The quantitative estimate of drug-likeness (QED) is 0.353. The number of carbonyl (C=O) groups excluding carboxylic acids is 3. The van der Waals surface area contributed by atoms with Crippen LogP contribution in [0.4, 0.5) is 4.79 Å². The van der Waals surface area contributed by atoms with Crippen molar-refractivity contribution in [3.8, 4) is 5.75 Å². The summed E-state index contributed by atoms with van der Waals surface area (Å²) in [6.45, 7) is 0.325. The summed E-state index contributed by atoms with van der Waals surface area (Å²) in [5, 5.41) is 45.8. The van der Waals surface area contributed by atoms with Gasteiger partial charge in [-0.15, -0.1) is 0 Å². The first-order valence-corrected chi connectivity index (χ1v) is 11.3. The van der Waals surface area contributed by atoms with E-state index in [1.54, 1.807) is 32.3 Å². The molecule has 0 saturated heterocycles. The van der Waals surface area contributed by atoms with Crippen LogP contribution in [-0.4, -0.2) is 87.9 Å². The molecule has 0 bridgehead atoms. The molecular weight excluding hydrogens is 474 g/mol. The number of phenolic OH excluding ortho intramolecular Hbond substituents is 1. The van der Waals surface area contributed by atoms with Crippen LogP contribution in [0.1, 0.15) is 23.1 Å². The van der Waals surface area contributed by atoms with Gasteiger partial charge in [0.2, 0.25) is 17.3 Å². The Kier molecular flexibility index (Phi) is 6.33. The van der Waals surface area contributed by atoms with Gasteiger partial charge in [0, 0.05) is 25.1 Å². The Bertz CT molecular complexity index is 1220. The number of nitrogens with zero attached hydrogens (tertiary/aromatic N) is 2. The number of phenols is 1. The number of aromatic hydroxyl groups is 1. The molecule has 3 aliphatic carbocycles. The van der Waals surface area contributed by atoms with E-state index in [-0.39, 0.29) is 29.7 Å². The first-order valence-electron chi connectivity index (χ1n) is 11.3. The Balaban J connectivity index is 1.92. The number of Topliss-reactive ketones (excluding diaryl/α,β-unsaturated/α-hetero) is 2. The maximum absolute atomic E-state index is 13.8. The third kappa shape index (κ3) is 3.64. The van der Waals surface area contributed by atoms with E-state index in [2.05, 4.69) is 0 Å². The van der Waals surface area contributed by atoms with Crippen LogP contribution < -0.4 is 5.73 Å². The molecule has 6 N–H and O–H groups in total. The van der Waals surface area contributed by atoms with Gasteiger partial charge in [-0.25, -0.2) is 4.79 Å². The number of amides is 1. The fourth-order valence-electron chi connectivity index (χ4n) is 5.69. The number of ketones is 2. The molecule has 36 heavy (non-hydrogen) atoms. The molecule has 0 unspecified atom stereocenters. The van der Waals surface area contributed by atoms with Gasteiger partial charge in [-0.05, 0) is 50.0 Å². The van der Waals surface area contributed by atoms with Crippen molar-refractivity contribution >= 4 is 23.4 Å². The third-order valence-electron chi connectivity index (χ3n) is 7.32. The number of carbonyl (C=O) groups is 3. The summed E-state index contributed by atoms with van der Waals surface area (Å²) >= 11 is 0. The highest BCUT2D eigenvalue weighted by molar-refractivity contribution is 6.14. The van der Waals surface area contributed by atoms with Crippen molar-refractivity contribution in [2.75, 3.05) is 28.3 Å². The predicted molar refractivity (Wildman–Crippen MR) is 124 cm³/mol. The molecule has 3 aliphatic rings. The topological polar surface area (TPSA) is 183 Å². The first-order chi connectivity index (χ1) is 16.8.